The highest BCUT2D eigenvalue weighted by atomic mass is 16.7. The zero-order valence-corrected chi connectivity index (χ0v) is 36.7. The number of imidazole rings is 1. The zero-order chi connectivity index (χ0) is 42.8. The minimum Gasteiger partial charge on any atom is -0.458 e. The maximum atomic E-state index is 12.6. The van der Waals surface area contributed by atoms with Gasteiger partial charge in [-0.1, -0.05) is 13.8 Å². The van der Waals surface area contributed by atoms with E-state index in [0.29, 0.717) is 25.2 Å². The number of carbonyl (C=O) groups is 1. The van der Waals surface area contributed by atoms with E-state index in [-0.39, 0.29) is 60.8 Å². The second kappa shape index (κ2) is 17.4. The summed E-state index contributed by atoms with van der Waals surface area (Å²) >= 11 is 0. The van der Waals surface area contributed by atoms with Crippen LogP contribution in [0.1, 0.15) is 111 Å². The van der Waals surface area contributed by atoms with E-state index in [2.05, 4.69) is 28.7 Å². The number of hydrogen-bond acceptors (Lipinski definition) is 14. The number of aliphatic hydroxyl groups is 4. The molecule has 342 valence electrons. The van der Waals surface area contributed by atoms with Gasteiger partial charge in [0.25, 0.3) is 0 Å². The van der Waals surface area contributed by atoms with E-state index in [1.807, 2.05) is 27.0 Å². The molecule has 4 saturated carbocycles. The molecule has 2 unspecified atom stereocenters. The number of carbonyl (C=O) groups excluding carboxylic acids is 1. The van der Waals surface area contributed by atoms with Gasteiger partial charge in [-0.25, -0.2) is 9.78 Å². The highest BCUT2D eigenvalue weighted by Gasteiger charge is 2.71. The molecule has 3 saturated heterocycles. The molecule has 0 bridgehead atoms. The third-order valence-corrected chi connectivity index (χ3v) is 17.1. The van der Waals surface area contributed by atoms with E-state index in [9.17, 15) is 25.2 Å². The Morgan fingerprint density at radius 3 is 2.25 bits per heavy atom. The summed E-state index contributed by atoms with van der Waals surface area (Å²) in [5, 5.41) is 47.2. The zero-order valence-electron chi connectivity index (χ0n) is 36.7. The van der Waals surface area contributed by atoms with Gasteiger partial charge in [-0.15, -0.1) is 0 Å². The largest absolute Gasteiger partial charge is 0.458 e. The van der Waals surface area contributed by atoms with Crippen molar-refractivity contribution in [3.8, 4) is 0 Å². The number of rotatable bonds is 10. The lowest BCUT2D eigenvalue weighted by molar-refractivity contribution is -0.329. The van der Waals surface area contributed by atoms with Crippen LogP contribution in [0.4, 0.5) is 0 Å². The topological polar surface area (TPSA) is 195 Å². The molecule has 15 nitrogen and oxygen atoms in total. The highest BCUT2D eigenvalue weighted by Crippen LogP contribution is 2.70. The van der Waals surface area contributed by atoms with Crippen LogP contribution >= 0.6 is 0 Å². The van der Waals surface area contributed by atoms with Gasteiger partial charge in [0.05, 0.1) is 54.7 Å². The van der Waals surface area contributed by atoms with Crippen LogP contribution in [0.3, 0.4) is 0 Å². The molecule has 15 heteroatoms. The van der Waals surface area contributed by atoms with Crippen molar-refractivity contribution in [1.29, 1.82) is 0 Å². The standard InChI is InChI=1S/C46H71N3O12/c1-25-22-49(14-10-30-21-47-24-48-30)15-11-39(56-25)60-42-26(2)58-41(20-36(42)51)61-43-27(3)57-40(19-35(43)50)59-31-8-12-44(4)29(17-31)6-7-33-34(44)18-37(52)45(5)32(9-13-46(33,45)54)28-16-38(53)55-23-28/h16,21,24-27,29,31-37,39-43,50-52,54H,6-15,17-20,22-23H2,1-5H3,(H,47,48)/t25?,26-,27-,29-,31+,32-,33-,34+,35+,36+,37-,39?,40+,41+,42-,43-,44+,45+,46+/m1/s1. The summed E-state index contributed by atoms with van der Waals surface area (Å²) in [5.74, 6) is 0.256. The van der Waals surface area contributed by atoms with Crippen molar-refractivity contribution >= 4 is 5.97 Å². The van der Waals surface area contributed by atoms with Gasteiger partial charge < -0.3 is 63.5 Å². The van der Waals surface area contributed by atoms with Gasteiger partial charge in [0.1, 0.15) is 18.8 Å². The lowest BCUT2D eigenvalue weighted by Crippen LogP contribution is -2.67. The minimum absolute atomic E-state index is 0.0267. The highest BCUT2D eigenvalue weighted by molar-refractivity contribution is 5.85. The summed E-state index contributed by atoms with van der Waals surface area (Å²) in [6, 6.07) is 0. The molecule has 9 rings (SSSR count). The third-order valence-electron chi connectivity index (χ3n) is 17.1. The van der Waals surface area contributed by atoms with Crippen LogP contribution in [0.15, 0.2) is 24.2 Å². The van der Waals surface area contributed by atoms with Gasteiger partial charge in [0, 0.05) is 68.7 Å². The van der Waals surface area contributed by atoms with Gasteiger partial charge in [0.15, 0.2) is 18.9 Å². The summed E-state index contributed by atoms with van der Waals surface area (Å²) in [4.78, 5) is 21.6. The third kappa shape index (κ3) is 8.30. The fourth-order valence-electron chi connectivity index (χ4n) is 13.8. The molecular formula is C46H71N3O12. The second-order valence-electron chi connectivity index (χ2n) is 20.5. The van der Waals surface area contributed by atoms with Crippen molar-refractivity contribution in [1.82, 2.24) is 14.9 Å². The van der Waals surface area contributed by atoms with Crippen LogP contribution in [0.2, 0.25) is 0 Å². The Labute approximate surface area is 360 Å². The Kier molecular flexibility index (Phi) is 12.6. The second-order valence-corrected chi connectivity index (χ2v) is 20.5. The first-order chi connectivity index (χ1) is 29.1. The van der Waals surface area contributed by atoms with E-state index in [4.69, 9.17) is 33.2 Å². The monoisotopic (exact) mass is 858 g/mol. The molecule has 5 N–H and O–H groups in total. The van der Waals surface area contributed by atoms with Crippen molar-refractivity contribution in [2.45, 2.75) is 191 Å². The number of nitrogens with one attached hydrogen (secondary N) is 1. The Balaban J connectivity index is 0.745. The summed E-state index contributed by atoms with van der Waals surface area (Å²) in [6.45, 7) is 13.0. The molecule has 0 amide bonds. The molecule has 4 aliphatic heterocycles. The first-order valence-corrected chi connectivity index (χ1v) is 23.4. The number of aromatic nitrogens is 2. The summed E-state index contributed by atoms with van der Waals surface area (Å²) in [7, 11) is 0. The Morgan fingerprint density at radius 1 is 0.852 bits per heavy atom. The van der Waals surface area contributed by atoms with Crippen molar-refractivity contribution in [2.24, 2.45) is 34.5 Å². The van der Waals surface area contributed by atoms with Crippen LogP contribution in [0, 0.1) is 34.5 Å². The molecular weight excluding hydrogens is 787 g/mol. The molecule has 0 radical (unpaired) electrons. The molecule has 5 heterocycles. The van der Waals surface area contributed by atoms with Crippen molar-refractivity contribution < 1.29 is 58.4 Å². The fourth-order valence-corrected chi connectivity index (χ4v) is 13.8. The molecule has 8 aliphatic rings. The first kappa shape index (κ1) is 44.2. The average molecular weight is 858 g/mol. The van der Waals surface area contributed by atoms with Gasteiger partial charge in [-0.2, -0.15) is 0 Å². The molecule has 0 spiro atoms. The van der Waals surface area contributed by atoms with Crippen LogP contribution in [0.5, 0.6) is 0 Å². The van der Waals surface area contributed by atoms with E-state index in [1.165, 1.54) is 0 Å². The van der Waals surface area contributed by atoms with Crippen LogP contribution < -0.4 is 0 Å². The maximum absolute atomic E-state index is 12.6. The number of fused-ring (bicyclic) bond motifs is 5. The van der Waals surface area contributed by atoms with Crippen molar-refractivity contribution in [3.05, 3.63) is 29.9 Å². The normalized spacial score (nSPS) is 49.3. The van der Waals surface area contributed by atoms with E-state index < -0.39 is 72.6 Å². The number of aliphatic hydroxyl groups excluding tert-OH is 3. The number of cyclic esters (lactones) is 1. The van der Waals surface area contributed by atoms with Gasteiger partial charge in [0.2, 0.25) is 0 Å². The predicted octanol–water partition coefficient (Wildman–Crippen LogP) is 3.76. The number of hydrogen-bond donors (Lipinski definition) is 5. The average Bonchev–Trinajstić information content (AvgIpc) is 3.93. The Hall–Kier alpha value is -2.02. The van der Waals surface area contributed by atoms with Crippen molar-refractivity contribution in [3.63, 3.8) is 0 Å². The molecule has 19 atom stereocenters. The number of esters is 1. The SMILES string of the molecule is CC1CN(CCc2cnc[nH]2)CCC(O[C@H]2[C@@H](O)C[C@H](O[C@H]3[C@@H](O)C[C@H](O[C@H]4CC[C@@]5(C)[C@H](CC[C@@H]6[C@@H]5C[C@@H](O)[C@]5(C)[C@@H](C7=CC(=O)OC7)CC[C@]65O)C4)O[C@@H]3C)O[C@@H]2C)O1. The van der Waals surface area contributed by atoms with Gasteiger partial charge in [-0.3, -0.25) is 0 Å². The summed E-state index contributed by atoms with van der Waals surface area (Å²) in [6.07, 6.45) is 7.27. The van der Waals surface area contributed by atoms with Crippen LogP contribution in [-0.4, -0.2) is 147 Å². The maximum Gasteiger partial charge on any atom is 0.331 e. The van der Waals surface area contributed by atoms with Gasteiger partial charge in [-0.05, 0) is 107 Å². The minimum atomic E-state index is -1.00. The van der Waals surface area contributed by atoms with Crippen LogP contribution in [-0.2, 0) is 44.4 Å². The molecule has 4 aliphatic carbocycles. The number of ether oxygens (including phenoxy) is 7. The molecule has 1 aromatic heterocycles. The number of H-pyrrole nitrogens is 1. The molecule has 0 aromatic carbocycles. The Bertz CT molecular complexity index is 1690. The predicted molar refractivity (Wildman–Crippen MR) is 219 cm³/mol. The van der Waals surface area contributed by atoms with Crippen LogP contribution in [0.25, 0.3) is 0 Å². The summed E-state index contributed by atoms with van der Waals surface area (Å²) in [5.41, 5.74) is 0.248. The van der Waals surface area contributed by atoms with Crippen molar-refractivity contribution in [2.75, 3.05) is 26.2 Å². The van der Waals surface area contributed by atoms with E-state index in [1.54, 1.807) is 12.4 Å². The number of aromatic amines is 1. The smallest absolute Gasteiger partial charge is 0.331 e. The first-order valence-electron chi connectivity index (χ1n) is 23.4. The number of nitrogens with zero attached hydrogens (tertiary/aromatic N) is 2. The lowest BCUT2D eigenvalue weighted by atomic mass is 9.42. The molecule has 1 aromatic rings. The lowest BCUT2D eigenvalue weighted by Gasteiger charge is -2.65. The van der Waals surface area contributed by atoms with E-state index >= 15 is 0 Å². The fraction of sp³-hybridized carbons (Fsp3) is 0.870. The molecule has 7 fully saturated rings. The quantitative estimate of drug-likeness (QED) is 0.169. The molecule has 61 heavy (non-hydrogen) atoms. The van der Waals surface area contributed by atoms with Gasteiger partial charge >= 0.3 is 5.97 Å². The van der Waals surface area contributed by atoms with E-state index in [0.717, 1.165) is 75.8 Å². The Morgan fingerprint density at radius 2 is 1.57 bits per heavy atom. The summed E-state index contributed by atoms with van der Waals surface area (Å²) < 4.78 is 43.5.